The number of allylic oxidation sites excluding steroid dienone is 1. The van der Waals surface area contributed by atoms with E-state index in [1.165, 1.54) is 24.1 Å². The highest BCUT2D eigenvalue weighted by molar-refractivity contribution is 5.87. The Kier molecular flexibility index (Phi) is 8.27. The molecular weight excluding hydrogens is 522 g/mol. The molecule has 8 nitrogen and oxygen atoms in total. The van der Waals surface area contributed by atoms with Gasteiger partial charge in [0.2, 0.25) is 0 Å². The molecule has 0 aromatic carbocycles. The minimum absolute atomic E-state index is 0.0950. The molecule has 0 radical (unpaired) electrons. The fourth-order valence-electron chi connectivity index (χ4n) is 10.5. The fourth-order valence-corrected chi connectivity index (χ4v) is 10.5. The van der Waals surface area contributed by atoms with Gasteiger partial charge in [0.05, 0.1) is 18.8 Å². The van der Waals surface area contributed by atoms with Crippen LogP contribution in [0.5, 0.6) is 0 Å². The Hall–Kier alpha value is -0.870. The van der Waals surface area contributed by atoms with Gasteiger partial charge in [-0.25, -0.2) is 0 Å². The lowest BCUT2D eigenvalue weighted by molar-refractivity contribution is -0.313. The Balaban J connectivity index is 1.16. The Morgan fingerprint density at radius 2 is 1.83 bits per heavy atom. The van der Waals surface area contributed by atoms with Gasteiger partial charge >= 0.3 is 0 Å². The highest BCUT2D eigenvalue weighted by Crippen LogP contribution is 2.67. The third-order valence-electron chi connectivity index (χ3n) is 12.9. The highest BCUT2D eigenvalue weighted by atomic mass is 16.7. The Labute approximate surface area is 245 Å². The molecule has 2 aliphatic heterocycles. The van der Waals surface area contributed by atoms with Crippen LogP contribution in [0.25, 0.3) is 0 Å². The van der Waals surface area contributed by atoms with Crippen molar-refractivity contribution in [3.05, 3.63) is 11.6 Å². The molecule has 0 bridgehead atoms. The lowest BCUT2D eigenvalue weighted by Gasteiger charge is -2.58. The molecule has 6 aliphatic rings. The molecule has 0 spiro atoms. The predicted molar refractivity (Wildman–Crippen MR) is 155 cm³/mol. The van der Waals surface area contributed by atoms with E-state index in [9.17, 15) is 25.5 Å². The van der Waals surface area contributed by atoms with E-state index in [4.69, 9.17) is 14.5 Å². The lowest BCUT2D eigenvalue weighted by Crippen LogP contribution is -2.60. The number of aliphatic hydroxyl groups is 5. The second kappa shape index (κ2) is 11.2. The number of fused-ring (bicyclic) bond motifs is 5. The van der Waals surface area contributed by atoms with Gasteiger partial charge in [-0.15, -0.1) is 0 Å². The average Bonchev–Trinajstić information content (AvgIpc) is 3.23. The zero-order valence-electron chi connectivity index (χ0n) is 25.4. The van der Waals surface area contributed by atoms with Crippen molar-refractivity contribution in [2.24, 2.45) is 51.3 Å². The second-order valence-corrected chi connectivity index (χ2v) is 15.1. The molecule has 4 fully saturated rings. The van der Waals surface area contributed by atoms with Crippen LogP contribution in [0.4, 0.5) is 0 Å². The molecule has 0 aromatic heterocycles. The normalized spacial score (nSPS) is 52.5. The molecule has 2 heterocycles. The van der Waals surface area contributed by atoms with E-state index in [1.807, 2.05) is 0 Å². The zero-order chi connectivity index (χ0) is 29.3. The SMILES string of the molecule is CC1CCC(C(C)C2C(O)CC3C4CC=C5CC(OC6OC(CO)C(O)C(O)C6O)CCC5(C)C4CCC32C)=NC1. The highest BCUT2D eigenvalue weighted by Gasteiger charge is 2.62. The van der Waals surface area contributed by atoms with E-state index in [0.29, 0.717) is 29.6 Å². The number of hydrogen-bond donors (Lipinski definition) is 5. The Bertz CT molecular complexity index is 1030. The minimum atomic E-state index is -1.42. The lowest BCUT2D eigenvalue weighted by atomic mass is 9.47. The van der Waals surface area contributed by atoms with Crippen molar-refractivity contribution in [2.75, 3.05) is 13.2 Å². The molecule has 6 rings (SSSR count). The van der Waals surface area contributed by atoms with Crippen molar-refractivity contribution in [1.29, 1.82) is 0 Å². The summed E-state index contributed by atoms with van der Waals surface area (Å²) in [6.07, 6.45) is 4.97. The van der Waals surface area contributed by atoms with Gasteiger partial charge in [0, 0.05) is 12.3 Å². The molecule has 1 saturated heterocycles. The first-order valence-electron chi connectivity index (χ1n) is 16.3. The molecule has 0 amide bonds. The first kappa shape index (κ1) is 30.2. The van der Waals surface area contributed by atoms with Crippen LogP contribution < -0.4 is 0 Å². The van der Waals surface area contributed by atoms with Crippen molar-refractivity contribution in [2.45, 2.75) is 128 Å². The third kappa shape index (κ3) is 4.98. The number of rotatable bonds is 5. The standard InChI is InChI=1S/C33H53NO7/c1-17-5-8-24(34-15-17)18(2)27-25(36)14-23-21-7-6-19-13-20(9-11-32(19,3)22(21)10-12-33(23,27)4)40-31-30(39)29(38)28(37)26(16-35)41-31/h6,17-18,20-23,25-31,35-39H,5,7-16H2,1-4H3. The molecule has 4 aliphatic carbocycles. The van der Waals surface area contributed by atoms with Crippen molar-refractivity contribution in [3.63, 3.8) is 0 Å². The molecule has 15 unspecified atom stereocenters. The summed E-state index contributed by atoms with van der Waals surface area (Å²) in [7, 11) is 0. The molecule has 232 valence electrons. The largest absolute Gasteiger partial charge is 0.394 e. The average molecular weight is 576 g/mol. The monoisotopic (exact) mass is 575 g/mol. The Morgan fingerprint density at radius 1 is 1.05 bits per heavy atom. The van der Waals surface area contributed by atoms with E-state index in [2.05, 4.69) is 33.8 Å². The predicted octanol–water partition coefficient (Wildman–Crippen LogP) is 3.23. The van der Waals surface area contributed by atoms with Crippen molar-refractivity contribution < 1.29 is 35.0 Å². The molecule has 0 aromatic rings. The summed E-state index contributed by atoms with van der Waals surface area (Å²) in [4.78, 5) is 5.00. The summed E-state index contributed by atoms with van der Waals surface area (Å²) in [5.74, 6) is 2.96. The number of aliphatic hydroxyl groups excluding tert-OH is 5. The van der Waals surface area contributed by atoms with Gasteiger partial charge in [0.1, 0.15) is 24.4 Å². The van der Waals surface area contributed by atoms with Crippen LogP contribution in [0.1, 0.15) is 85.5 Å². The maximum atomic E-state index is 11.5. The Morgan fingerprint density at radius 3 is 2.54 bits per heavy atom. The van der Waals surface area contributed by atoms with Gasteiger partial charge in [-0.05, 0) is 104 Å². The minimum Gasteiger partial charge on any atom is -0.394 e. The van der Waals surface area contributed by atoms with Crippen LogP contribution in [0, 0.1) is 46.3 Å². The van der Waals surface area contributed by atoms with Gasteiger partial charge < -0.3 is 35.0 Å². The molecule has 5 N–H and O–H groups in total. The zero-order valence-corrected chi connectivity index (χ0v) is 25.4. The summed E-state index contributed by atoms with van der Waals surface area (Å²) in [6.45, 7) is 10.0. The van der Waals surface area contributed by atoms with E-state index in [0.717, 1.165) is 51.5 Å². The van der Waals surface area contributed by atoms with Gasteiger partial charge in [-0.1, -0.05) is 39.3 Å². The first-order valence-corrected chi connectivity index (χ1v) is 16.3. The van der Waals surface area contributed by atoms with E-state index in [1.54, 1.807) is 0 Å². The topological polar surface area (TPSA) is 132 Å². The van der Waals surface area contributed by atoms with E-state index in [-0.39, 0.29) is 29.0 Å². The van der Waals surface area contributed by atoms with Gasteiger partial charge in [-0.3, -0.25) is 4.99 Å². The molecule has 3 saturated carbocycles. The summed E-state index contributed by atoms with van der Waals surface area (Å²) < 4.78 is 11.8. The number of nitrogens with zero attached hydrogens (tertiary/aromatic N) is 1. The van der Waals surface area contributed by atoms with Gasteiger partial charge in [0.25, 0.3) is 0 Å². The van der Waals surface area contributed by atoms with Gasteiger partial charge in [-0.2, -0.15) is 0 Å². The van der Waals surface area contributed by atoms with Crippen LogP contribution in [-0.4, -0.2) is 87.3 Å². The molecule has 8 heteroatoms. The first-order chi connectivity index (χ1) is 19.5. The maximum absolute atomic E-state index is 11.5. The summed E-state index contributed by atoms with van der Waals surface area (Å²) in [5.41, 5.74) is 3.00. The van der Waals surface area contributed by atoms with Crippen molar-refractivity contribution in [3.8, 4) is 0 Å². The van der Waals surface area contributed by atoms with Gasteiger partial charge in [0.15, 0.2) is 6.29 Å². The summed E-state index contributed by atoms with van der Waals surface area (Å²) in [6, 6.07) is 0. The molecular formula is C33H53NO7. The van der Waals surface area contributed by atoms with E-state index >= 15 is 0 Å². The van der Waals surface area contributed by atoms with Crippen LogP contribution >= 0.6 is 0 Å². The van der Waals surface area contributed by atoms with Crippen LogP contribution in [0.3, 0.4) is 0 Å². The third-order valence-corrected chi connectivity index (χ3v) is 12.9. The number of ether oxygens (including phenoxy) is 2. The quantitative estimate of drug-likeness (QED) is 0.318. The van der Waals surface area contributed by atoms with Crippen LogP contribution in [0.2, 0.25) is 0 Å². The molecule has 41 heavy (non-hydrogen) atoms. The second-order valence-electron chi connectivity index (χ2n) is 15.1. The smallest absolute Gasteiger partial charge is 0.186 e. The number of aliphatic imine (C=N–C) groups is 1. The number of hydrogen-bond acceptors (Lipinski definition) is 8. The summed E-state index contributed by atoms with van der Waals surface area (Å²) >= 11 is 0. The maximum Gasteiger partial charge on any atom is 0.186 e. The molecule has 15 atom stereocenters. The van der Waals surface area contributed by atoms with Crippen LogP contribution in [0.15, 0.2) is 16.6 Å². The summed E-state index contributed by atoms with van der Waals surface area (Å²) in [5, 5.41) is 51.9. The van der Waals surface area contributed by atoms with Crippen molar-refractivity contribution >= 4 is 5.71 Å². The fraction of sp³-hybridized carbons (Fsp3) is 0.909. The van der Waals surface area contributed by atoms with Crippen LogP contribution in [-0.2, 0) is 9.47 Å². The van der Waals surface area contributed by atoms with Crippen molar-refractivity contribution in [1.82, 2.24) is 0 Å². The van der Waals surface area contributed by atoms with E-state index < -0.39 is 37.3 Å².